The molecule has 0 aliphatic carbocycles. The summed E-state index contributed by atoms with van der Waals surface area (Å²) in [5, 5.41) is 18.8. The molecule has 0 radical (unpaired) electrons. The Hall–Kier alpha value is -4.10. The SMILES string of the molecule is COc1cn(C(CC(C)C(F)(F)F)C(=O)Cc2ccc(C(=O)O)cc2)c(=O)cc1-c1cc(Cl)ccc1C#N. The Morgan fingerprint density at radius 2 is 1.79 bits per heavy atom. The van der Waals surface area contributed by atoms with Gasteiger partial charge in [-0.25, -0.2) is 4.79 Å². The number of hydrogen-bond donors (Lipinski definition) is 1. The lowest BCUT2D eigenvalue weighted by Crippen LogP contribution is -2.34. The lowest BCUT2D eigenvalue weighted by Gasteiger charge is -2.25. The molecule has 7 nitrogen and oxygen atoms in total. The van der Waals surface area contributed by atoms with E-state index in [-0.39, 0.29) is 39.4 Å². The van der Waals surface area contributed by atoms with Crippen LogP contribution in [0, 0.1) is 17.2 Å². The molecular formula is C27H22ClF3N2O5. The van der Waals surface area contributed by atoms with Gasteiger partial charge in [-0.15, -0.1) is 0 Å². The van der Waals surface area contributed by atoms with E-state index >= 15 is 0 Å². The number of carboxylic acids is 1. The highest BCUT2D eigenvalue weighted by molar-refractivity contribution is 6.31. The number of pyridine rings is 1. The number of alkyl halides is 3. The fraction of sp³-hybridized carbons (Fsp3) is 0.259. The van der Waals surface area contributed by atoms with Gasteiger partial charge in [-0.05, 0) is 42.3 Å². The van der Waals surface area contributed by atoms with Crippen LogP contribution in [-0.2, 0) is 11.2 Å². The minimum atomic E-state index is -4.61. The maximum atomic E-state index is 13.5. The summed E-state index contributed by atoms with van der Waals surface area (Å²) in [7, 11) is 1.28. The van der Waals surface area contributed by atoms with Crippen LogP contribution in [0.15, 0.2) is 59.5 Å². The standard InChI is InChI=1S/C27H22ClF3N2O5/c1-15(27(29,30)31)9-22(23(34)10-16-3-5-17(6-4-16)26(36)37)33-14-24(38-2)21(12-25(33)35)20-11-19(28)8-7-18(20)13-32/h3-8,11-12,14-15,22H,9-10H2,1-2H3,(H,36,37). The number of carboxylic acid groups (broad SMARTS) is 1. The zero-order valence-corrected chi connectivity index (χ0v) is 21.0. The molecule has 0 amide bonds. The highest BCUT2D eigenvalue weighted by Crippen LogP contribution is 2.36. The number of aromatic nitrogens is 1. The monoisotopic (exact) mass is 546 g/mol. The average molecular weight is 547 g/mol. The van der Waals surface area contributed by atoms with Crippen molar-refractivity contribution < 1.29 is 32.6 Å². The molecule has 0 bridgehead atoms. The Labute approximate surface area is 220 Å². The van der Waals surface area contributed by atoms with E-state index < -0.39 is 41.9 Å². The van der Waals surface area contributed by atoms with E-state index in [1.165, 1.54) is 49.6 Å². The fourth-order valence-corrected chi connectivity index (χ4v) is 4.11. The van der Waals surface area contributed by atoms with Crippen LogP contribution in [-0.4, -0.2) is 34.7 Å². The number of nitriles is 1. The summed E-state index contributed by atoms with van der Waals surface area (Å²) in [6.45, 7) is 0.920. The van der Waals surface area contributed by atoms with Crippen LogP contribution in [0.3, 0.4) is 0 Å². The Morgan fingerprint density at radius 1 is 1.13 bits per heavy atom. The Morgan fingerprint density at radius 3 is 2.34 bits per heavy atom. The summed E-state index contributed by atoms with van der Waals surface area (Å²) in [6, 6.07) is 11.3. The topological polar surface area (TPSA) is 109 Å². The van der Waals surface area contributed by atoms with E-state index in [1.54, 1.807) is 0 Å². The Bertz CT molecular complexity index is 1460. The summed E-state index contributed by atoms with van der Waals surface area (Å²) in [5.41, 5.74) is 0.238. The average Bonchev–Trinajstić information content (AvgIpc) is 2.86. The van der Waals surface area contributed by atoms with Gasteiger partial charge in [0, 0.05) is 28.6 Å². The van der Waals surface area contributed by atoms with Crippen molar-refractivity contribution in [2.45, 2.75) is 32.0 Å². The maximum absolute atomic E-state index is 13.5. The predicted octanol–water partition coefficient (Wildman–Crippen LogP) is 5.69. The van der Waals surface area contributed by atoms with E-state index in [0.29, 0.717) is 5.56 Å². The molecule has 0 saturated heterocycles. The zero-order valence-electron chi connectivity index (χ0n) is 20.3. The Balaban J connectivity index is 2.09. The molecule has 38 heavy (non-hydrogen) atoms. The summed E-state index contributed by atoms with van der Waals surface area (Å²) >= 11 is 6.07. The van der Waals surface area contributed by atoms with Gasteiger partial charge in [-0.3, -0.25) is 9.59 Å². The number of Topliss-reactive ketones (excluding diaryl/α,β-unsaturated/α-hetero) is 1. The number of halogens is 4. The predicted molar refractivity (Wildman–Crippen MR) is 133 cm³/mol. The van der Waals surface area contributed by atoms with Crippen molar-refractivity contribution >= 4 is 23.4 Å². The molecular weight excluding hydrogens is 525 g/mol. The highest BCUT2D eigenvalue weighted by atomic mass is 35.5. The number of benzene rings is 2. The van der Waals surface area contributed by atoms with Crippen LogP contribution >= 0.6 is 11.6 Å². The highest BCUT2D eigenvalue weighted by Gasteiger charge is 2.39. The number of ketones is 1. The number of rotatable bonds is 9. The first kappa shape index (κ1) is 28.5. The zero-order chi connectivity index (χ0) is 28.2. The van der Waals surface area contributed by atoms with Crippen LogP contribution in [0.25, 0.3) is 11.1 Å². The lowest BCUT2D eigenvalue weighted by atomic mass is 9.93. The van der Waals surface area contributed by atoms with Gasteiger partial charge in [-0.1, -0.05) is 30.7 Å². The molecule has 2 aromatic carbocycles. The Kier molecular flexibility index (Phi) is 8.63. The smallest absolute Gasteiger partial charge is 0.391 e. The second kappa shape index (κ2) is 11.5. The van der Waals surface area contributed by atoms with Crippen molar-refractivity contribution in [3.63, 3.8) is 0 Å². The molecule has 3 aromatic rings. The minimum absolute atomic E-state index is 0.0160. The largest absolute Gasteiger partial charge is 0.495 e. The molecule has 2 unspecified atom stereocenters. The number of carbonyl (C=O) groups is 2. The summed E-state index contributed by atoms with van der Waals surface area (Å²) in [5.74, 6) is -3.72. The fourth-order valence-electron chi connectivity index (χ4n) is 3.93. The van der Waals surface area contributed by atoms with E-state index in [9.17, 15) is 32.8 Å². The number of methoxy groups -OCH3 is 1. The normalized spacial score (nSPS) is 12.9. The number of nitrogens with zero attached hydrogens (tertiary/aromatic N) is 2. The van der Waals surface area contributed by atoms with Gasteiger partial charge in [0.1, 0.15) is 5.75 Å². The molecule has 0 fully saturated rings. The lowest BCUT2D eigenvalue weighted by molar-refractivity contribution is -0.174. The molecule has 1 aromatic heterocycles. The molecule has 2 atom stereocenters. The number of hydrogen-bond acceptors (Lipinski definition) is 5. The molecule has 1 N–H and O–H groups in total. The second-order valence-electron chi connectivity index (χ2n) is 8.64. The van der Waals surface area contributed by atoms with Gasteiger partial charge in [-0.2, -0.15) is 18.4 Å². The molecule has 0 saturated carbocycles. The first-order valence-corrected chi connectivity index (χ1v) is 11.6. The summed E-state index contributed by atoms with van der Waals surface area (Å²) < 4.78 is 46.7. The van der Waals surface area contributed by atoms with Crippen molar-refractivity contribution in [3.8, 4) is 22.9 Å². The van der Waals surface area contributed by atoms with Gasteiger partial charge in [0.2, 0.25) is 0 Å². The van der Waals surface area contributed by atoms with Crippen LogP contribution in [0.4, 0.5) is 13.2 Å². The van der Waals surface area contributed by atoms with Crippen LogP contribution in [0.2, 0.25) is 5.02 Å². The first-order valence-electron chi connectivity index (χ1n) is 11.3. The third kappa shape index (κ3) is 6.42. The third-order valence-electron chi connectivity index (χ3n) is 6.08. The van der Waals surface area contributed by atoms with Gasteiger partial charge in [0.05, 0.1) is 42.5 Å². The number of carbonyl (C=O) groups excluding carboxylic acids is 1. The van der Waals surface area contributed by atoms with Gasteiger partial charge >= 0.3 is 12.1 Å². The summed E-state index contributed by atoms with van der Waals surface area (Å²) in [6.07, 6.45) is -4.51. The molecule has 1 heterocycles. The van der Waals surface area contributed by atoms with E-state index in [0.717, 1.165) is 23.8 Å². The molecule has 0 aliphatic rings. The van der Waals surface area contributed by atoms with Crippen molar-refractivity contribution in [1.29, 1.82) is 5.26 Å². The van der Waals surface area contributed by atoms with Crippen LogP contribution in [0.5, 0.6) is 5.75 Å². The van der Waals surface area contributed by atoms with Crippen LogP contribution < -0.4 is 10.3 Å². The molecule has 11 heteroatoms. The molecule has 0 aliphatic heterocycles. The third-order valence-corrected chi connectivity index (χ3v) is 6.31. The van der Waals surface area contributed by atoms with Crippen molar-refractivity contribution in [1.82, 2.24) is 4.57 Å². The second-order valence-corrected chi connectivity index (χ2v) is 9.08. The number of aromatic carboxylic acids is 1. The quantitative estimate of drug-likeness (QED) is 0.369. The van der Waals surface area contributed by atoms with Gasteiger partial charge < -0.3 is 14.4 Å². The van der Waals surface area contributed by atoms with E-state index in [1.807, 2.05) is 6.07 Å². The van der Waals surface area contributed by atoms with Crippen molar-refractivity contribution in [3.05, 3.63) is 86.8 Å². The van der Waals surface area contributed by atoms with Gasteiger partial charge in [0.25, 0.3) is 5.56 Å². The van der Waals surface area contributed by atoms with Crippen molar-refractivity contribution in [2.24, 2.45) is 5.92 Å². The number of ether oxygens (including phenoxy) is 1. The molecule has 198 valence electrons. The van der Waals surface area contributed by atoms with E-state index in [2.05, 4.69) is 0 Å². The van der Waals surface area contributed by atoms with Gasteiger partial charge in [0.15, 0.2) is 5.78 Å². The first-order chi connectivity index (χ1) is 17.8. The summed E-state index contributed by atoms with van der Waals surface area (Å²) in [4.78, 5) is 37.6. The molecule has 0 spiro atoms. The minimum Gasteiger partial charge on any atom is -0.495 e. The van der Waals surface area contributed by atoms with Crippen molar-refractivity contribution in [2.75, 3.05) is 7.11 Å². The van der Waals surface area contributed by atoms with Crippen LogP contribution in [0.1, 0.15) is 40.9 Å². The van der Waals surface area contributed by atoms with E-state index in [4.69, 9.17) is 21.4 Å². The maximum Gasteiger partial charge on any atom is 0.391 e. The molecule has 3 rings (SSSR count).